The quantitative estimate of drug-likeness (QED) is 0.848. The predicted octanol–water partition coefficient (Wildman–Crippen LogP) is 2.82. The van der Waals surface area contributed by atoms with Crippen molar-refractivity contribution in [3.63, 3.8) is 0 Å². The summed E-state index contributed by atoms with van der Waals surface area (Å²) in [5.74, 6) is -1.82. The fraction of sp³-hybridized carbons (Fsp3) is 0.846. The molecular formula is C13H20F3NO3. The van der Waals surface area contributed by atoms with E-state index in [9.17, 15) is 27.9 Å². The molecule has 1 aliphatic carbocycles. The smallest absolute Gasteiger partial charge is 0.406 e. The van der Waals surface area contributed by atoms with Crippen molar-refractivity contribution in [1.82, 2.24) is 4.90 Å². The van der Waals surface area contributed by atoms with E-state index in [0.29, 0.717) is 30.6 Å². The summed E-state index contributed by atoms with van der Waals surface area (Å²) >= 11 is 0. The van der Waals surface area contributed by atoms with Crippen LogP contribution in [0.15, 0.2) is 0 Å². The number of nitrogens with zero attached hydrogens (tertiary/aromatic N) is 1. The summed E-state index contributed by atoms with van der Waals surface area (Å²) in [6.45, 7) is 1.65. The Morgan fingerprint density at radius 2 is 1.75 bits per heavy atom. The van der Waals surface area contributed by atoms with E-state index in [0.717, 1.165) is 0 Å². The fourth-order valence-corrected chi connectivity index (χ4v) is 2.66. The molecule has 0 atom stereocenters. The van der Waals surface area contributed by atoms with Crippen molar-refractivity contribution in [3.05, 3.63) is 0 Å². The van der Waals surface area contributed by atoms with Gasteiger partial charge in [-0.3, -0.25) is 9.59 Å². The molecule has 0 unspecified atom stereocenters. The number of halogens is 3. The molecule has 0 aromatic rings. The molecule has 1 aliphatic rings. The lowest BCUT2D eigenvalue weighted by Crippen LogP contribution is -2.46. The lowest BCUT2D eigenvalue weighted by Gasteiger charge is -2.31. The number of carbonyl (C=O) groups excluding carboxylic acids is 1. The van der Waals surface area contributed by atoms with E-state index in [2.05, 4.69) is 0 Å². The minimum atomic E-state index is -4.48. The van der Waals surface area contributed by atoms with Gasteiger partial charge in [-0.1, -0.05) is 12.8 Å². The van der Waals surface area contributed by atoms with E-state index in [1.54, 1.807) is 0 Å². The monoisotopic (exact) mass is 295 g/mol. The Kier molecular flexibility index (Phi) is 5.05. The molecule has 1 amide bonds. The van der Waals surface area contributed by atoms with Gasteiger partial charge in [0.25, 0.3) is 0 Å². The minimum absolute atomic E-state index is 0.351. The van der Waals surface area contributed by atoms with Gasteiger partial charge in [0.15, 0.2) is 0 Å². The number of carbonyl (C=O) groups is 2. The van der Waals surface area contributed by atoms with Crippen LogP contribution in [0.5, 0.6) is 0 Å². The van der Waals surface area contributed by atoms with Crippen LogP contribution < -0.4 is 0 Å². The second-order valence-corrected chi connectivity index (χ2v) is 5.70. The molecule has 0 spiro atoms. The maximum absolute atomic E-state index is 12.5. The Balaban J connectivity index is 2.82. The third kappa shape index (κ3) is 4.11. The van der Waals surface area contributed by atoms with Crippen LogP contribution in [-0.2, 0) is 9.59 Å². The summed E-state index contributed by atoms with van der Waals surface area (Å²) in [7, 11) is 0. The highest BCUT2D eigenvalue weighted by Gasteiger charge is 2.45. The number of alkyl halides is 3. The molecule has 0 saturated heterocycles. The molecule has 0 heterocycles. The van der Waals surface area contributed by atoms with Gasteiger partial charge in [0.1, 0.15) is 6.54 Å². The minimum Gasteiger partial charge on any atom is -0.481 e. The highest BCUT2D eigenvalue weighted by Crippen LogP contribution is 2.42. The standard InChI is InChI=1S/C13H20F3NO3/c1-9(2)17(8-13(14,15)16)10(18)7-12(11(19)20)5-3-4-6-12/h9H,3-8H2,1-2H3,(H,19,20). The van der Waals surface area contributed by atoms with E-state index in [1.807, 2.05) is 0 Å². The Morgan fingerprint density at radius 3 is 2.10 bits per heavy atom. The summed E-state index contributed by atoms with van der Waals surface area (Å²) in [4.78, 5) is 24.1. The molecule has 1 N–H and O–H groups in total. The second kappa shape index (κ2) is 6.01. The molecular weight excluding hydrogens is 275 g/mol. The molecule has 0 aromatic carbocycles. The van der Waals surface area contributed by atoms with Gasteiger partial charge in [0.2, 0.25) is 5.91 Å². The zero-order valence-electron chi connectivity index (χ0n) is 11.7. The molecule has 4 nitrogen and oxygen atoms in total. The number of amides is 1. The summed E-state index contributed by atoms with van der Waals surface area (Å²) in [6.07, 6.45) is -2.73. The SMILES string of the molecule is CC(C)N(CC(F)(F)F)C(=O)CC1(C(=O)O)CCCC1. The molecule has 0 bridgehead atoms. The number of hydrogen-bond donors (Lipinski definition) is 1. The summed E-state index contributed by atoms with van der Waals surface area (Å²) < 4.78 is 37.5. The fourth-order valence-electron chi connectivity index (χ4n) is 2.66. The predicted molar refractivity (Wildman–Crippen MR) is 66.1 cm³/mol. The van der Waals surface area contributed by atoms with Crippen molar-refractivity contribution in [2.45, 2.75) is 58.2 Å². The largest absolute Gasteiger partial charge is 0.481 e. The van der Waals surface area contributed by atoms with Crippen LogP contribution in [-0.4, -0.2) is 40.6 Å². The number of hydrogen-bond acceptors (Lipinski definition) is 2. The van der Waals surface area contributed by atoms with Crippen LogP contribution in [0.1, 0.15) is 46.0 Å². The first-order valence-electron chi connectivity index (χ1n) is 6.67. The van der Waals surface area contributed by atoms with E-state index in [-0.39, 0.29) is 6.42 Å². The van der Waals surface area contributed by atoms with E-state index in [1.165, 1.54) is 13.8 Å². The number of carboxylic acid groups (broad SMARTS) is 1. The zero-order valence-corrected chi connectivity index (χ0v) is 11.7. The first kappa shape index (κ1) is 16.8. The van der Waals surface area contributed by atoms with E-state index >= 15 is 0 Å². The zero-order chi connectivity index (χ0) is 15.6. The molecule has 116 valence electrons. The third-order valence-corrected chi connectivity index (χ3v) is 3.80. The van der Waals surface area contributed by atoms with Crippen molar-refractivity contribution in [2.24, 2.45) is 5.41 Å². The van der Waals surface area contributed by atoms with Gasteiger partial charge < -0.3 is 10.0 Å². The highest BCUT2D eigenvalue weighted by atomic mass is 19.4. The summed E-state index contributed by atoms with van der Waals surface area (Å²) in [6, 6.07) is -0.614. The Labute approximate surface area is 115 Å². The maximum atomic E-state index is 12.5. The normalized spacial score (nSPS) is 18.3. The summed E-state index contributed by atoms with van der Waals surface area (Å²) in [5, 5.41) is 9.27. The molecule has 1 fully saturated rings. The van der Waals surface area contributed by atoms with E-state index in [4.69, 9.17) is 0 Å². The average Bonchev–Trinajstić information content (AvgIpc) is 2.74. The Hall–Kier alpha value is -1.27. The molecule has 7 heteroatoms. The van der Waals surface area contributed by atoms with Gasteiger partial charge in [-0.05, 0) is 26.7 Å². The Bertz CT molecular complexity index is 374. The van der Waals surface area contributed by atoms with Crippen molar-refractivity contribution < 1.29 is 27.9 Å². The van der Waals surface area contributed by atoms with Crippen molar-refractivity contribution in [1.29, 1.82) is 0 Å². The third-order valence-electron chi connectivity index (χ3n) is 3.80. The lowest BCUT2D eigenvalue weighted by molar-refractivity contribution is -0.168. The first-order valence-corrected chi connectivity index (χ1v) is 6.67. The van der Waals surface area contributed by atoms with Gasteiger partial charge in [-0.2, -0.15) is 13.2 Å². The van der Waals surface area contributed by atoms with Crippen LogP contribution in [0.25, 0.3) is 0 Å². The topological polar surface area (TPSA) is 57.6 Å². The maximum Gasteiger partial charge on any atom is 0.406 e. The van der Waals surface area contributed by atoms with Gasteiger partial charge in [-0.25, -0.2) is 0 Å². The van der Waals surface area contributed by atoms with E-state index < -0.39 is 36.1 Å². The number of rotatable bonds is 5. The van der Waals surface area contributed by atoms with Gasteiger partial charge in [-0.15, -0.1) is 0 Å². The second-order valence-electron chi connectivity index (χ2n) is 5.70. The molecule has 0 radical (unpaired) electrons. The van der Waals surface area contributed by atoms with Crippen molar-refractivity contribution >= 4 is 11.9 Å². The molecule has 0 aliphatic heterocycles. The van der Waals surface area contributed by atoms with Gasteiger partial charge in [0, 0.05) is 12.5 Å². The average molecular weight is 295 g/mol. The lowest BCUT2D eigenvalue weighted by atomic mass is 9.82. The molecule has 0 aromatic heterocycles. The first-order chi connectivity index (χ1) is 9.07. The number of carboxylic acids is 1. The Morgan fingerprint density at radius 1 is 1.25 bits per heavy atom. The van der Waals surface area contributed by atoms with Crippen LogP contribution in [0.2, 0.25) is 0 Å². The van der Waals surface area contributed by atoms with Crippen LogP contribution in [0, 0.1) is 5.41 Å². The molecule has 20 heavy (non-hydrogen) atoms. The van der Waals surface area contributed by atoms with Gasteiger partial charge in [0.05, 0.1) is 5.41 Å². The highest BCUT2D eigenvalue weighted by molar-refractivity contribution is 5.85. The molecule has 1 saturated carbocycles. The van der Waals surface area contributed by atoms with Crippen molar-refractivity contribution in [3.8, 4) is 0 Å². The van der Waals surface area contributed by atoms with Crippen LogP contribution in [0.3, 0.4) is 0 Å². The van der Waals surface area contributed by atoms with Crippen LogP contribution >= 0.6 is 0 Å². The molecule has 1 rings (SSSR count). The summed E-state index contributed by atoms with van der Waals surface area (Å²) in [5.41, 5.74) is -1.18. The number of aliphatic carboxylic acids is 1. The van der Waals surface area contributed by atoms with Crippen LogP contribution in [0.4, 0.5) is 13.2 Å². The van der Waals surface area contributed by atoms with Gasteiger partial charge >= 0.3 is 12.1 Å². The van der Waals surface area contributed by atoms with Crippen molar-refractivity contribution in [2.75, 3.05) is 6.54 Å².